The lowest BCUT2D eigenvalue weighted by molar-refractivity contribution is -0.946. The molecule has 1 aromatic rings. The normalized spacial score (nSPS) is 25.1. The van der Waals surface area contributed by atoms with Gasteiger partial charge in [-0.2, -0.15) is 0 Å². The van der Waals surface area contributed by atoms with Crippen molar-refractivity contribution in [3.63, 3.8) is 0 Å². The molecule has 26 heavy (non-hydrogen) atoms. The molecule has 0 bridgehead atoms. The number of benzene rings is 1. The molecule has 3 rings (SSSR count). The average Bonchev–Trinajstić information content (AvgIpc) is 2.96. The molecular weight excluding hydrogens is 342 g/mol. The van der Waals surface area contributed by atoms with Crippen LogP contribution in [0.1, 0.15) is 50.6 Å². The fourth-order valence-electron chi connectivity index (χ4n) is 3.90. The first-order valence-corrected chi connectivity index (χ1v) is 11.1. The van der Waals surface area contributed by atoms with Crippen molar-refractivity contribution >= 4 is 17.7 Å². The first-order chi connectivity index (χ1) is 12.4. The van der Waals surface area contributed by atoms with Crippen LogP contribution in [0, 0.1) is 0 Å². The summed E-state index contributed by atoms with van der Waals surface area (Å²) in [5.74, 6) is 0.338. The predicted octanol–water partition coefficient (Wildman–Crippen LogP) is 0.799. The van der Waals surface area contributed by atoms with Crippen molar-refractivity contribution in [3.05, 3.63) is 35.4 Å². The molecule has 2 aliphatic rings. The molecule has 2 atom stereocenters. The summed E-state index contributed by atoms with van der Waals surface area (Å²) >= 11 is 1.84. The molecule has 0 radical (unpaired) electrons. The SMILES string of the molecule is CC[C@@H]1S[C@H](c2ccc(C(C)(C)C)cc2)N(CC[NH+]2CC[NH2+]CC2)C1=O. The third-order valence-electron chi connectivity index (χ3n) is 5.68. The Morgan fingerprint density at radius 2 is 1.85 bits per heavy atom. The minimum absolute atomic E-state index is 0.118. The highest BCUT2D eigenvalue weighted by Crippen LogP contribution is 2.44. The van der Waals surface area contributed by atoms with Gasteiger partial charge in [0.05, 0.1) is 18.3 Å². The second-order valence-electron chi connectivity index (χ2n) is 8.65. The molecule has 2 aliphatic heterocycles. The van der Waals surface area contributed by atoms with Crippen LogP contribution in [-0.2, 0) is 10.2 Å². The summed E-state index contributed by atoms with van der Waals surface area (Å²) in [5, 5.41) is 2.69. The van der Waals surface area contributed by atoms with E-state index in [1.54, 1.807) is 4.90 Å². The van der Waals surface area contributed by atoms with Crippen molar-refractivity contribution in [2.24, 2.45) is 0 Å². The van der Waals surface area contributed by atoms with Gasteiger partial charge < -0.3 is 15.1 Å². The number of amides is 1. The van der Waals surface area contributed by atoms with E-state index < -0.39 is 0 Å². The molecule has 0 aromatic heterocycles. The van der Waals surface area contributed by atoms with Gasteiger partial charge in [0.15, 0.2) is 0 Å². The van der Waals surface area contributed by atoms with Crippen molar-refractivity contribution in [3.8, 4) is 0 Å². The number of nitrogens with one attached hydrogen (secondary N) is 1. The number of hydrogen-bond acceptors (Lipinski definition) is 2. The van der Waals surface area contributed by atoms with Gasteiger partial charge in [-0.15, -0.1) is 11.8 Å². The molecule has 0 spiro atoms. The largest absolute Gasteiger partial charge is 0.337 e. The molecule has 3 N–H and O–H groups in total. The Bertz CT molecular complexity index is 605. The predicted molar refractivity (Wildman–Crippen MR) is 108 cm³/mol. The van der Waals surface area contributed by atoms with Crippen molar-refractivity contribution < 1.29 is 15.0 Å². The Kier molecular flexibility index (Phi) is 6.31. The summed E-state index contributed by atoms with van der Waals surface area (Å²) in [6.07, 6.45) is 0.919. The van der Waals surface area contributed by atoms with Gasteiger partial charge in [-0.05, 0) is 23.0 Å². The van der Waals surface area contributed by atoms with E-state index in [4.69, 9.17) is 0 Å². The van der Waals surface area contributed by atoms with Gasteiger partial charge in [-0.1, -0.05) is 52.0 Å². The molecule has 0 saturated carbocycles. The molecule has 5 heteroatoms. The van der Waals surface area contributed by atoms with Gasteiger partial charge in [0.1, 0.15) is 31.6 Å². The van der Waals surface area contributed by atoms with Crippen LogP contribution < -0.4 is 10.2 Å². The molecule has 2 fully saturated rings. The van der Waals surface area contributed by atoms with E-state index in [1.807, 2.05) is 11.8 Å². The minimum atomic E-state index is 0.118. The maximum atomic E-state index is 12.9. The third-order valence-corrected chi connectivity index (χ3v) is 7.33. The summed E-state index contributed by atoms with van der Waals surface area (Å²) in [6, 6.07) is 8.95. The van der Waals surface area contributed by atoms with Gasteiger partial charge in [0.25, 0.3) is 0 Å². The van der Waals surface area contributed by atoms with E-state index in [9.17, 15) is 4.79 Å². The molecule has 1 aromatic carbocycles. The Balaban J connectivity index is 1.73. The number of piperazine rings is 1. The lowest BCUT2D eigenvalue weighted by Crippen LogP contribution is -3.20. The van der Waals surface area contributed by atoms with Crippen LogP contribution in [0.25, 0.3) is 0 Å². The molecule has 0 aliphatic carbocycles. The Labute approximate surface area is 162 Å². The van der Waals surface area contributed by atoms with Gasteiger partial charge in [-0.3, -0.25) is 4.79 Å². The quantitative estimate of drug-likeness (QED) is 0.797. The van der Waals surface area contributed by atoms with Crippen LogP contribution in [0.15, 0.2) is 24.3 Å². The maximum Gasteiger partial charge on any atom is 0.237 e. The highest BCUT2D eigenvalue weighted by Gasteiger charge is 2.40. The smallest absolute Gasteiger partial charge is 0.237 e. The number of rotatable bonds is 5. The number of carbonyl (C=O) groups excluding carboxylic acids is 1. The van der Waals surface area contributed by atoms with Crippen LogP contribution >= 0.6 is 11.8 Å². The summed E-state index contributed by atoms with van der Waals surface area (Å²) in [5.41, 5.74) is 2.79. The summed E-state index contributed by atoms with van der Waals surface area (Å²) in [6.45, 7) is 15.7. The van der Waals surface area contributed by atoms with Crippen molar-refractivity contribution in [2.75, 3.05) is 39.3 Å². The maximum absolute atomic E-state index is 12.9. The second kappa shape index (κ2) is 8.32. The molecule has 1 amide bonds. The van der Waals surface area contributed by atoms with E-state index in [1.165, 1.54) is 37.3 Å². The van der Waals surface area contributed by atoms with Crippen LogP contribution in [0.2, 0.25) is 0 Å². The zero-order valence-electron chi connectivity index (χ0n) is 16.8. The first kappa shape index (κ1) is 19.7. The molecule has 2 heterocycles. The van der Waals surface area contributed by atoms with Crippen molar-refractivity contribution in [1.29, 1.82) is 0 Å². The standard InChI is InChI=1S/C21H33N3OS/c1-5-18-19(25)24(15-14-23-12-10-22-11-13-23)20(26-18)16-6-8-17(9-7-16)21(2,3)4/h6-9,18,20,22H,5,10-15H2,1-4H3/p+2/t18-,20+/m0/s1. The molecule has 2 saturated heterocycles. The Morgan fingerprint density at radius 3 is 2.42 bits per heavy atom. The van der Waals surface area contributed by atoms with Crippen LogP contribution in [-0.4, -0.2) is 55.3 Å². The molecule has 0 unspecified atom stereocenters. The Morgan fingerprint density at radius 1 is 1.19 bits per heavy atom. The third kappa shape index (κ3) is 4.44. The summed E-state index contributed by atoms with van der Waals surface area (Å²) in [7, 11) is 0. The average molecular weight is 378 g/mol. The topological polar surface area (TPSA) is 41.4 Å². The van der Waals surface area contributed by atoms with Crippen molar-refractivity contribution in [2.45, 2.75) is 50.2 Å². The molecule has 4 nitrogen and oxygen atoms in total. The fourth-order valence-corrected chi connectivity index (χ4v) is 5.33. The second-order valence-corrected chi connectivity index (χ2v) is 9.94. The van der Waals surface area contributed by atoms with Gasteiger partial charge in [0, 0.05) is 0 Å². The van der Waals surface area contributed by atoms with E-state index in [0.717, 1.165) is 19.5 Å². The number of carbonyl (C=O) groups is 1. The van der Waals surface area contributed by atoms with Gasteiger partial charge in [0.2, 0.25) is 5.91 Å². The van der Waals surface area contributed by atoms with Crippen LogP contribution in [0.4, 0.5) is 0 Å². The van der Waals surface area contributed by atoms with Gasteiger partial charge in [-0.25, -0.2) is 0 Å². The monoisotopic (exact) mass is 377 g/mol. The lowest BCUT2D eigenvalue weighted by atomic mass is 9.86. The number of nitrogens with zero attached hydrogens (tertiary/aromatic N) is 1. The minimum Gasteiger partial charge on any atom is -0.337 e. The number of nitrogens with two attached hydrogens (primary N) is 1. The van der Waals surface area contributed by atoms with E-state index in [0.29, 0.717) is 5.91 Å². The lowest BCUT2D eigenvalue weighted by Gasteiger charge is -2.28. The fraction of sp³-hybridized carbons (Fsp3) is 0.667. The number of hydrogen-bond donors (Lipinski definition) is 2. The molecule has 144 valence electrons. The van der Waals surface area contributed by atoms with Crippen molar-refractivity contribution in [1.82, 2.24) is 4.90 Å². The zero-order chi connectivity index (χ0) is 18.7. The van der Waals surface area contributed by atoms with Crippen LogP contribution in [0.5, 0.6) is 0 Å². The van der Waals surface area contributed by atoms with E-state index in [2.05, 4.69) is 62.2 Å². The number of thioether (sulfide) groups is 1. The molecular formula is C21H35N3OS+2. The van der Waals surface area contributed by atoms with Gasteiger partial charge >= 0.3 is 0 Å². The van der Waals surface area contributed by atoms with Crippen LogP contribution in [0.3, 0.4) is 0 Å². The van der Waals surface area contributed by atoms with E-state index in [-0.39, 0.29) is 16.0 Å². The first-order valence-electron chi connectivity index (χ1n) is 10.1. The number of quaternary nitrogens is 2. The highest BCUT2D eigenvalue weighted by molar-refractivity contribution is 8.01. The Hall–Kier alpha value is -1.04. The summed E-state index contributed by atoms with van der Waals surface area (Å²) < 4.78 is 0. The zero-order valence-corrected chi connectivity index (χ0v) is 17.6. The highest BCUT2D eigenvalue weighted by atomic mass is 32.2. The van der Waals surface area contributed by atoms with E-state index >= 15 is 0 Å². The summed E-state index contributed by atoms with van der Waals surface area (Å²) in [4.78, 5) is 16.7.